The van der Waals surface area contributed by atoms with Gasteiger partial charge in [0.05, 0.1) is 0 Å². The molecule has 0 aliphatic carbocycles. The molecule has 0 saturated carbocycles. The summed E-state index contributed by atoms with van der Waals surface area (Å²) in [5, 5.41) is 0. The van der Waals surface area contributed by atoms with Crippen molar-refractivity contribution in [2.24, 2.45) is 0 Å². The van der Waals surface area contributed by atoms with Crippen molar-refractivity contribution in [3.8, 4) is 0 Å². The van der Waals surface area contributed by atoms with Crippen LogP contribution in [0.2, 0.25) is 0 Å². The molecule has 0 aliphatic heterocycles. The summed E-state index contributed by atoms with van der Waals surface area (Å²) < 4.78 is 0. The van der Waals surface area contributed by atoms with Crippen molar-refractivity contribution in [3.05, 3.63) is 0 Å². The normalized spacial score (nSPS) is 8.87. The Labute approximate surface area is 181 Å². The van der Waals surface area contributed by atoms with Crippen LogP contribution in [-0.4, -0.2) is 109 Å². The van der Waals surface area contributed by atoms with E-state index in [-0.39, 0.29) is 103 Å². The van der Waals surface area contributed by atoms with E-state index >= 15 is 0 Å². The van der Waals surface area contributed by atoms with Gasteiger partial charge in [-0.05, 0) is 6.42 Å². The fourth-order valence-corrected chi connectivity index (χ4v) is 1.54. The Morgan fingerprint density at radius 3 is 1.53 bits per heavy atom. The van der Waals surface area contributed by atoms with Crippen LogP contribution in [0, 0.1) is 0 Å². The minimum atomic E-state index is 0. The van der Waals surface area contributed by atoms with Gasteiger partial charge in [-0.1, -0.05) is 58.3 Å². The third-order valence-corrected chi connectivity index (χ3v) is 2.43. The van der Waals surface area contributed by atoms with Crippen molar-refractivity contribution < 1.29 is 4.79 Å². The van der Waals surface area contributed by atoms with Crippen LogP contribution in [0.1, 0.15) is 71.1 Å². The molecule has 0 spiro atoms. The molecule has 15 heavy (non-hydrogen) atoms. The molecule has 0 heterocycles. The maximum atomic E-state index is 10.0. The van der Waals surface area contributed by atoms with Crippen LogP contribution in [0.4, 0.5) is 0 Å². The summed E-state index contributed by atoms with van der Waals surface area (Å²) in [5.74, 6) is 0. The van der Waals surface area contributed by atoms with E-state index in [0.717, 1.165) is 19.1 Å². The predicted octanol–water partition coefficient (Wildman–Crippen LogP) is 2.81. The molecule has 0 saturated heterocycles. The quantitative estimate of drug-likeness (QED) is 0.337. The van der Waals surface area contributed by atoms with E-state index in [1.165, 1.54) is 51.4 Å². The molecule has 0 N–H and O–H groups in total. The zero-order valence-corrected chi connectivity index (χ0v) is 9.06. The number of unbranched alkanes of at least 4 members (excludes halogenated alkanes) is 9. The van der Waals surface area contributed by atoms with E-state index in [2.05, 4.69) is 6.92 Å². The van der Waals surface area contributed by atoms with Crippen molar-refractivity contribution in [2.45, 2.75) is 71.1 Å². The molecule has 0 aromatic rings. The van der Waals surface area contributed by atoms with Crippen molar-refractivity contribution in [3.63, 3.8) is 0 Å². The average Bonchev–Trinajstić information content (AvgIpc) is 2.16. The van der Waals surface area contributed by atoms with Crippen molar-refractivity contribution in [1.29, 1.82) is 0 Å². The molecular formula is C12H26K2O. The van der Waals surface area contributed by atoms with E-state index < -0.39 is 0 Å². The zero-order chi connectivity index (χ0) is 9.78. The van der Waals surface area contributed by atoms with Gasteiger partial charge in [-0.3, -0.25) is 0 Å². The molecule has 0 atom stereocenters. The van der Waals surface area contributed by atoms with E-state index in [0.29, 0.717) is 0 Å². The van der Waals surface area contributed by atoms with Crippen LogP contribution in [0.15, 0.2) is 0 Å². The summed E-state index contributed by atoms with van der Waals surface area (Å²) in [6.07, 6.45) is 13.7. The van der Waals surface area contributed by atoms with Crippen LogP contribution in [0.25, 0.3) is 0 Å². The number of carbonyl (C=O) groups excluding carboxylic acids is 1. The molecule has 0 bridgehead atoms. The van der Waals surface area contributed by atoms with Gasteiger partial charge in [-0.15, -0.1) is 0 Å². The Bertz CT molecular complexity index is 108. The molecule has 82 valence electrons. The Morgan fingerprint density at radius 1 is 0.733 bits per heavy atom. The van der Waals surface area contributed by atoms with Gasteiger partial charge in [0.1, 0.15) is 6.29 Å². The monoisotopic (exact) mass is 264 g/mol. The summed E-state index contributed by atoms with van der Waals surface area (Å²) >= 11 is 0. The van der Waals surface area contributed by atoms with E-state index in [9.17, 15) is 4.79 Å². The first kappa shape index (κ1) is 23.1. The van der Waals surface area contributed by atoms with Gasteiger partial charge in [0.15, 0.2) is 0 Å². The minimum absolute atomic E-state index is 0. The second-order valence-electron chi connectivity index (χ2n) is 3.78. The SMILES string of the molecule is CCCCCCCCCCCC=O.[KH].[KH]. The number of rotatable bonds is 10. The third-order valence-electron chi connectivity index (χ3n) is 2.43. The fourth-order valence-electron chi connectivity index (χ4n) is 1.54. The second-order valence-corrected chi connectivity index (χ2v) is 3.78. The number of hydrogen-bond acceptors (Lipinski definition) is 1. The summed E-state index contributed by atoms with van der Waals surface area (Å²) in [6.45, 7) is 2.25. The molecule has 3 heteroatoms. The maximum absolute atomic E-state index is 10.0. The third kappa shape index (κ3) is 22.6. The number of aldehydes is 1. The van der Waals surface area contributed by atoms with Crippen molar-refractivity contribution in [1.82, 2.24) is 0 Å². The van der Waals surface area contributed by atoms with Crippen LogP contribution in [0.3, 0.4) is 0 Å². The summed E-state index contributed by atoms with van der Waals surface area (Å²) in [4.78, 5) is 10.0. The van der Waals surface area contributed by atoms with E-state index in [1.54, 1.807) is 0 Å². The second kappa shape index (κ2) is 22.2. The Morgan fingerprint density at radius 2 is 1.13 bits per heavy atom. The van der Waals surface area contributed by atoms with Crippen LogP contribution >= 0.6 is 0 Å². The van der Waals surface area contributed by atoms with Gasteiger partial charge in [0.2, 0.25) is 0 Å². The van der Waals surface area contributed by atoms with Gasteiger partial charge in [0, 0.05) is 6.42 Å². The Hall–Kier alpha value is 2.94. The molecule has 0 rings (SSSR count). The first-order chi connectivity index (χ1) is 6.41. The van der Waals surface area contributed by atoms with Gasteiger partial charge < -0.3 is 4.79 Å². The topological polar surface area (TPSA) is 17.1 Å². The Kier molecular flexibility index (Phi) is 34.1. The molecule has 0 fully saturated rings. The molecule has 0 amide bonds. The average molecular weight is 265 g/mol. The molecule has 0 radical (unpaired) electrons. The van der Waals surface area contributed by atoms with Crippen molar-refractivity contribution in [2.75, 3.05) is 0 Å². The van der Waals surface area contributed by atoms with Gasteiger partial charge in [0.25, 0.3) is 0 Å². The van der Waals surface area contributed by atoms with E-state index in [4.69, 9.17) is 0 Å². The van der Waals surface area contributed by atoms with Gasteiger partial charge in [-0.25, -0.2) is 0 Å². The van der Waals surface area contributed by atoms with Gasteiger partial charge >= 0.3 is 103 Å². The van der Waals surface area contributed by atoms with Crippen LogP contribution < -0.4 is 0 Å². The summed E-state index contributed by atoms with van der Waals surface area (Å²) in [7, 11) is 0. The molecular weight excluding hydrogens is 238 g/mol. The summed E-state index contributed by atoms with van der Waals surface area (Å²) in [5.41, 5.74) is 0. The number of carbonyl (C=O) groups is 1. The summed E-state index contributed by atoms with van der Waals surface area (Å²) in [6, 6.07) is 0. The fraction of sp³-hybridized carbons (Fsp3) is 0.917. The number of hydrogen-bond donors (Lipinski definition) is 0. The standard InChI is InChI=1S/C12H24O.2K.2H/c1-2-3-4-5-6-7-8-9-10-11-12-13;;;;/h12H,2-11H2,1H3;;;;. The first-order valence-electron chi connectivity index (χ1n) is 5.85. The first-order valence-corrected chi connectivity index (χ1v) is 5.85. The Balaban J connectivity index is -0.000000720. The zero-order valence-electron chi connectivity index (χ0n) is 9.06. The molecule has 0 aromatic carbocycles. The van der Waals surface area contributed by atoms with E-state index in [1.807, 2.05) is 0 Å². The van der Waals surface area contributed by atoms with Crippen molar-refractivity contribution >= 4 is 109 Å². The van der Waals surface area contributed by atoms with Crippen LogP contribution in [0.5, 0.6) is 0 Å². The molecule has 0 unspecified atom stereocenters. The van der Waals surface area contributed by atoms with Gasteiger partial charge in [-0.2, -0.15) is 0 Å². The predicted molar refractivity (Wildman–Crippen MR) is 72.2 cm³/mol. The molecule has 0 aromatic heterocycles. The molecule has 1 nitrogen and oxygen atoms in total. The molecule has 0 aliphatic rings. The van der Waals surface area contributed by atoms with Crippen LogP contribution in [-0.2, 0) is 4.79 Å².